The summed E-state index contributed by atoms with van der Waals surface area (Å²) < 4.78 is 28.3. The molecule has 0 saturated carbocycles. The van der Waals surface area contributed by atoms with Crippen LogP contribution in [-0.4, -0.2) is 27.4 Å². The van der Waals surface area contributed by atoms with Crippen LogP contribution in [0.4, 0.5) is 0 Å². The number of aromatic nitrogens is 6. The van der Waals surface area contributed by atoms with E-state index < -0.39 is 0 Å². The predicted octanol–water partition coefficient (Wildman–Crippen LogP) is 39.0. The lowest BCUT2D eigenvalue weighted by atomic mass is 10.0. The van der Waals surface area contributed by atoms with Crippen molar-refractivity contribution in [2.24, 2.45) is 14.1 Å². The first kappa shape index (κ1) is 86.9. The van der Waals surface area contributed by atoms with E-state index in [9.17, 15) is 0 Å². The van der Waals surface area contributed by atoms with Gasteiger partial charge in [-0.15, -0.1) is 34.0 Å². The van der Waals surface area contributed by atoms with Gasteiger partial charge in [-0.2, -0.15) is 0 Å². The van der Waals surface area contributed by atoms with Crippen molar-refractivity contribution >= 4 is 247 Å². The van der Waals surface area contributed by atoms with Crippen LogP contribution in [0.2, 0.25) is 0 Å². The van der Waals surface area contributed by atoms with E-state index in [4.69, 9.17) is 4.42 Å². The Morgan fingerprint density at radius 3 is 0.946 bits per heavy atom. The fourth-order valence-corrected chi connectivity index (χ4v) is 26.5. The van der Waals surface area contributed by atoms with Gasteiger partial charge in [-0.05, 0) is 260 Å². The summed E-state index contributed by atoms with van der Waals surface area (Å²) in [5.74, 6) is 0. The first-order valence-corrected chi connectivity index (χ1v) is 52.7. The number of aryl methyl sites for hydroxylation is 5. The van der Waals surface area contributed by atoms with E-state index in [2.05, 4.69) is 542 Å². The molecule has 7 nitrogen and oxygen atoms in total. The van der Waals surface area contributed by atoms with Gasteiger partial charge in [0.1, 0.15) is 11.2 Å². The molecule has 0 N–H and O–H groups in total. The minimum atomic E-state index is 0.932. The van der Waals surface area contributed by atoms with Gasteiger partial charge in [0.05, 0.1) is 49.7 Å². The van der Waals surface area contributed by atoms with Gasteiger partial charge in [0, 0.05) is 189 Å². The number of rotatable bonds is 7. The quantitative estimate of drug-likeness (QED) is 0.157. The Hall–Kier alpha value is -17.9. The van der Waals surface area contributed by atoms with Crippen LogP contribution in [0.1, 0.15) is 16.7 Å². The molecule has 147 heavy (non-hydrogen) atoms. The van der Waals surface area contributed by atoms with Crippen LogP contribution in [0.3, 0.4) is 0 Å². The zero-order valence-electron chi connectivity index (χ0n) is 81.4. The number of fused-ring (bicyclic) bond motifs is 30. The van der Waals surface area contributed by atoms with Crippen molar-refractivity contribution in [2.45, 2.75) is 20.8 Å². The summed E-state index contributed by atoms with van der Waals surface area (Å²) in [4.78, 5) is 0. The molecule has 10 heterocycles. The maximum atomic E-state index is 6.08. The Morgan fingerprint density at radius 2 is 0.449 bits per heavy atom. The van der Waals surface area contributed by atoms with Gasteiger partial charge in [0.15, 0.2) is 0 Å². The first-order valence-electron chi connectivity index (χ1n) is 50.2. The third-order valence-electron chi connectivity index (χ3n) is 30.1. The molecule has 0 aliphatic carbocycles. The summed E-state index contributed by atoms with van der Waals surface area (Å²) in [6.07, 6.45) is 0. The van der Waals surface area contributed by atoms with Gasteiger partial charge in [0.25, 0.3) is 0 Å². The molecule has 10 heteroatoms. The van der Waals surface area contributed by atoms with Crippen molar-refractivity contribution in [1.82, 2.24) is 27.4 Å². The topological polar surface area (TPSA) is 42.7 Å². The van der Waals surface area contributed by atoms with Gasteiger partial charge in [0.2, 0.25) is 0 Å². The monoisotopic (exact) mass is 1930 g/mol. The molecule has 0 radical (unpaired) electrons. The predicted molar refractivity (Wildman–Crippen MR) is 634 cm³/mol. The van der Waals surface area contributed by atoms with E-state index in [0.29, 0.717) is 0 Å². The molecule has 0 amide bonds. The highest BCUT2D eigenvalue weighted by molar-refractivity contribution is 7.27. The number of hydrogen-bond donors (Lipinski definition) is 0. The Labute approximate surface area is 859 Å². The van der Waals surface area contributed by atoms with Gasteiger partial charge >= 0.3 is 0 Å². The normalized spacial score (nSPS) is 11.8. The number of para-hydroxylation sites is 10. The molecule has 0 unspecified atom stereocenters. The maximum Gasteiger partial charge on any atom is 0.135 e. The first-order chi connectivity index (χ1) is 72.4. The van der Waals surface area contributed by atoms with Crippen LogP contribution >= 0.6 is 34.0 Å². The number of hydrogen-bond acceptors (Lipinski definition) is 4. The summed E-state index contributed by atoms with van der Waals surface area (Å²) in [7, 11) is 4.30. The van der Waals surface area contributed by atoms with E-state index in [1.54, 1.807) is 0 Å². The average Bonchev–Trinajstić information content (AvgIpc) is 1.68. The highest BCUT2D eigenvalue weighted by Crippen LogP contribution is 2.48. The van der Waals surface area contributed by atoms with Crippen molar-refractivity contribution in [2.75, 3.05) is 0 Å². The Kier molecular flexibility index (Phi) is 20.9. The van der Waals surface area contributed by atoms with E-state index in [1.165, 1.54) is 270 Å². The van der Waals surface area contributed by atoms with Crippen LogP contribution in [0.15, 0.2) is 484 Å². The van der Waals surface area contributed by atoms with Gasteiger partial charge in [-0.1, -0.05) is 290 Å². The lowest BCUT2D eigenvalue weighted by molar-refractivity contribution is 0.669. The number of nitrogens with zero attached hydrogens (tertiary/aromatic N) is 6. The molecule has 0 fully saturated rings. The molecule has 0 spiro atoms. The SMILES string of the molecule is Cc1ccc2oc3ccc(-c4ccc5c(c4)c4ccccc4n5-c4ccccc4)cc3c2c1.Cc1ccc2sc3ccc(-c4ccc5c(c4)c4ccccc4n5-c4ccccc4)cc3c2c1.Cc1ccc2sc3ccc(-c4cccc5c4sc4ccccc45)cc3c2c1.Cn1c2ccccc2c2cc(-n3c4ccccc4c4ccccc43)ccc21.Cn1c2ccccc2c2ccc(-n3c4ccccc4c4ccccc43)cc21. The summed E-state index contributed by atoms with van der Waals surface area (Å²) in [5, 5.41) is 26.0. The fraction of sp³-hybridized carbons (Fsp3) is 0.0365. The minimum absolute atomic E-state index is 0.932. The smallest absolute Gasteiger partial charge is 0.135 e. The zero-order valence-corrected chi connectivity index (χ0v) is 83.9. The van der Waals surface area contributed by atoms with Crippen molar-refractivity contribution < 1.29 is 4.42 Å². The summed E-state index contributed by atoms with van der Waals surface area (Å²) in [5.41, 5.74) is 33.1. The average molecular weight is 1940 g/mol. The third kappa shape index (κ3) is 14.6. The lowest BCUT2D eigenvalue weighted by Gasteiger charge is -2.09. The molecule has 32 rings (SSSR count). The number of benzene rings is 22. The van der Waals surface area contributed by atoms with Crippen molar-refractivity contribution in [3.8, 4) is 56.1 Å². The Morgan fingerprint density at radius 1 is 0.163 bits per heavy atom. The molecular weight excluding hydrogens is 1840 g/mol. The van der Waals surface area contributed by atoms with E-state index in [1.807, 2.05) is 34.0 Å². The third-order valence-corrected chi connectivity index (χ3v) is 33.6. The molecule has 32 aromatic rings. The van der Waals surface area contributed by atoms with Crippen molar-refractivity contribution in [1.29, 1.82) is 0 Å². The van der Waals surface area contributed by atoms with Gasteiger partial charge < -0.3 is 31.8 Å². The summed E-state index contributed by atoms with van der Waals surface area (Å²) >= 11 is 5.66. The number of furan rings is 1. The summed E-state index contributed by atoms with van der Waals surface area (Å²) in [6, 6.07) is 174. The van der Waals surface area contributed by atoms with Crippen LogP contribution < -0.4 is 0 Å². The van der Waals surface area contributed by atoms with E-state index in [-0.39, 0.29) is 0 Å². The maximum absolute atomic E-state index is 6.08. The molecule has 0 atom stereocenters. The molecule has 0 saturated heterocycles. The number of thiophene rings is 3. The second-order valence-corrected chi connectivity index (χ2v) is 42.1. The lowest BCUT2D eigenvalue weighted by Crippen LogP contribution is -1.94. The van der Waals surface area contributed by atoms with Crippen LogP contribution in [-0.2, 0) is 14.1 Å². The molecule has 0 bridgehead atoms. The summed E-state index contributed by atoms with van der Waals surface area (Å²) in [6.45, 7) is 6.46. The molecule has 0 aliphatic heterocycles. The minimum Gasteiger partial charge on any atom is -0.456 e. The fourth-order valence-electron chi connectivity index (χ4n) is 23.2. The van der Waals surface area contributed by atoms with Gasteiger partial charge in [-0.3, -0.25) is 0 Å². The van der Waals surface area contributed by atoms with Crippen LogP contribution in [0, 0.1) is 20.8 Å². The molecule has 10 aromatic heterocycles. The zero-order chi connectivity index (χ0) is 97.8. The van der Waals surface area contributed by atoms with Gasteiger partial charge in [-0.25, -0.2) is 0 Å². The second kappa shape index (κ2) is 35.3. The second-order valence-electron chi connectivity index (χ2n) is 38.9. The van der Waals surface area contributed by atoms with Crippen molar-refractivity contribution in [3.63, 3.8) is 0 Å². The van der Waals surface area contributed by atoms with E-state index >= 15 is 0 Å². The van der Waals surface area contributed by atoms with Crippen LogP contribution in [0.25, 0.3) is 269 Å². The standard InChI is InChI=1S/C31H21NO.C31H21NS.2C25H18N2.C25H16S2/c2*1-20-11-15-30-26(17-20)27-19-22(13-16-31(27)33-30)21-12-14-29-25(18-21)24-9-5-6-10-28(24)32(29)23-7-3-2-4-8-23;1-26-22-11-5-2-10-20(22)21-16-17(14-15-23(21)26)27-24-12-6-3-8-18(24)19-9-4-7-13-25(19)27;1-26-22-11-5-2-8-18(22)21-15-14-17(16-25(21)26)27-23-12-6-3-9-19(23)20-10-4-7-13-24(20)27;1-15-9-11-23-20(13-15)21-14-16(10-12-24(21)26-23)17-6-4-7-19-18-5-2-3-8-22(18)27-25(17)19/h2*2-19H,1H3;2*2-16H,1H3;2-14H,1H3. The largest absolute Gasteiger partial charge is 0.456 e. The highest BCUT2D eigenvalue weighted by Gasteiger charge is 2.23. The highest BCUT2D eigenvalue weighted by atomic mass is 32.1. The molecule has 22 aromatic carbocycles. The molecular formula is C137H94N6OS3. The van der Waals surface area contributed by atoms with E-state index in [0.717, 1.165) is 16.6 Å². The van der Waals surface area contributed by atoms with Crippen molar-refractivity contribution in [3.05, 3.63) is 496 Å². The molecule has 696 valence electrons. The molecule has 0 aliphatic rings. The van der Waals surface area contributed by atoms with Crippen LogP contribution in [0.5, 0.6) is 0 Å². The Bertz CT molecular complexity index is 10600. The Balaban J connectivity index is 0.0000000891.